The maximum Gasteiger partial charge on any atom is 0.215 e. The molecule has 0 amide bonds. The third-order valence-corrected chi connectivity index (χ3v) is 3.18. The van der Waals surface area contributed by atoms with E-state index in [1.54, 1.807) is 0 Å². The van der Waals surface area contributed by atoms with Crippen LogP contribution in [0.15, 0.2) is 22.2 Å². The van der Waals surface area contributed by atoms with Gasteiger partial charge in [-0.15, -0.1) is 0 Å². The van der Waals surface area contributed by atoms with Gasteiger partial charge in [0.1, 0.15) is 5.60 Å². The summed E-state index contributed by atoms with van der Waals surface area (Å²) in [6.07, 6.45) is 7.55. The number of ketones is 1. The lowest BCUT2D eigenvalue weighted by Gasteiger charge is -2.24. The first-order valence-corrected chi connectivity index (χ1v) is 6.28. The maximum absolute atomic E-state index is 11.3. The number of hydrogen-bond donors (Lipinski definition) is 1. The van der Waals surface area contributed by atoms with Crippen LogP contribution in [-0.4, -0.2) is 16.5 Å². The molecule has 0 aromatic carbocycles. The van der Waals surface area contributed by atoms with Crippen LogP contribution in [0.4, 0.5) is 0 Å². The Hall–Kier alpha value is -0.310. The van der Waals surface area contributed by atoms with Crippen LogP contribution in [0.5, 0.6) is 0 Å². The van der Waals surface area contributed by atoms with E-state index < -0.39 is 11.4 Å². The fraction of sp³-hybridized carbons (Fsp3) is 0.583. The van der Waals surface area contributed by atoms with E-state index in [4.69, 9.17) is 23.2 Å². The van der Waals surface area contributed by atoms with Crippen molar-refractivity contribution in [3.63, 3.8) is 0 Å². The summed E-state index contributed by atoms with van der Waals surface area (Å²) in [6, 6.07) is 0. The Bertz CT molecular complexity index is 310. The van der Waals surface area contributed by atoms with Gasteiger partial charge in [0.15, 0.2) is 0 Å². The molecule has 0 bridgehead atoms. The average molecular weight is 263 g/mol. The summed E-state index contributed by atoms with van der Waals surface area (Å²) in [5, 5.41) is 10.2. The second kappa shape index (κ2) is 5.85. The van der Waals surface area contributed by atoms with E-state index in [1.807, 2.05) is 0 Å². The third-order valence-electron chi connectivity index (χ3n) is 2.62. The van der Waals surface area contributed by atoms with E-state index in [9.17, 15) is 9.90 Å². The van der Waals surface area contributed by atoms with Crippen molar-refractivity contribution in [2.45, 2.75) is 44.6 Å². The number of aliphatic hydroxyl groups is 1. The van der Waals surface area contributed by atoms with Gasteiger partial charge in [-0.1, -0.05) is 49.4 Å². The minimum atomic E-state index is -1.16. The number of unbranched alkanes of at least 4 members (excludes halogenated alkanes) is 3. The summed E-state index contributed by atoms with van der Waals surface area (Å²) < 4.78 is 0. The lowest BCUT2D eigenvalue weighted by molar-refractivity contribution is -0.111. The van der Waals surface area contributed by atoms with Crippen molar-refractivity contribution in [3.8, 4) is 0 Å². The molecule has 1 rings (SSSR count). The topological polar surface area (TPSA) is 37.3 Å². The van der Waals surface area contributed by atoms with Gasteiger partial charge in [-0.25, -0.2) is 0 Å². The molecule has 0 saturated carbocycles. The van der Waals surface area contributed by atoms with Crippen LogP contribution < -0.4 is 0 Å². The van der Waals surface area contributed by atoms with Gasteiger partial charge in [-0.2, -0.15) is 0 Å². The van der Waals surface area contributed by atoms with Crippen molar-refractivity contribution < 1.29 is 9.90 Å². The van der Waals surface area contributed by atoms with E-state index in [0.29, 0.717) is 6.42 Å². The minimum absolute atomic E-state index is 0.00508. The van der Waals surface area contributed by atoms with Crippen molar-refractivity contribution in [2.24, 2.45) is 0 Å². The predicted octanol–water partition coefficient (Wildman–Crippen LogP) is 3.52. The van der Waals surface area contributed by atoms with Crippen LogP contribution in [-0.2, 0) is 4.79 Å². The first-order valence-electron chi connectivity index (χ1n) is 5.52. The lowest BCUT2D eigenvalue weighted by atomic mass is 9.91. The molecular formula is C12H16Cl2O2. The highest BCUT2D eigenvalue weighted by Gasteiger charge is 2.30. The second-order valence-electron chi connectivity index (χ2n) is 4.12. The number of carbonyl (C=O) groups is 1. The maximum atomic E-state index is 11.3. The van der Waals surface area contributed by atoms with E-state index in [0.717, 1.165) is 25.7 Å². The van der Waals surface area contributed by atoms with E-state index in [2.05, 4.69) is 6.92 Å². The molecule has 1 aliphatic rings. The molecule has 0 saturated heterocycles. The molecule has 0 atom stereocenters. The number of Topliss-reactive ketones (excluding diaryl/α,β-unsaturated/α-hetero) is 1. The Morgan fingerprint density at radius 1 is 1.19 bits per heavy atom. The quantitative estimate of drug-likeness (QED) is 0.770. The number of carbonyl (C=O) groups excluding carboxylic acids is 1. The SMILES string of the molecule is CCCCCCC1(O)C=C(Cl)C(=O)C(Cl)=C1. The summed E-state index contributed by atoms with van der Waals surface area (Å²) in [6.45, 7) is 2.13. The van der Waals surface area contributed by atoms with Gasteiger partial charge in [-0.05, 0) is 25.0 Å². The fourth-order valence-electron chi connectivity index (χ4n) is 1.71. The average Bonchev–Trinajstić information content (AvgIpc) is 2.21. The Kier molecular flexibility index (Phi) is 5.03. The highest BCUT2D eigenvalue weighted by molar-refractivity contribution is 6.55. The van der Waals surface area contributed by atoms with E-state index in [1.165, 1.54) is 12.2 Å². The van der Waals surface area contributed by atoms with E-state index >= 15 is 0 Å². The van der Waals surface area contributed by atoms with Crippen LogP contribution in [0.25, 0.3) is 0 Å². The first kappa shape index (κ1) is 13.8. The van der Waals surface area contributed by atoms with Crippen molar-refractivity contribution in [2.75, 3.05) is 0 Å². The van der Waals surface area contributed by atoms with Gasteiger partial charge in [0.25, 0.3) is 0 Å². The Labute approximate surface area is 106 Å². The first-order chi connectivity index (χ1) is 7.48. The molecule has 0 heterocycles. The van der Waals surface area contributed by atoms with Crippen LogP contribution >= 0.6 is 23.2 Å². The van der Waals surface area contributed by atoms with Crippen molar-refractivity contribution in [1.29, 1.82) is 0 Å². The Balaban J connectivity index is 2.60. The van der Waals surface area contributed by atoms with Crippen molar-refractivity contribution in [3.05, 3.63) is 22.2 Å². The molecular weight excluding hydrogens is 247 g/mol. The summed E-state index contributed by atoms with van der Waals surface area (Å²) in [5.74, 6) is -0.415. The minimum Gasteiger partial charge on any atom is -0.382 e. The van der Waals surface area contributed by atoms with Gasteiger partial charge >= 0.3 is 0 Å². The number of allylic oxidation sites excluding steroid dienone is 2. The summed E-state index contributed by atoms with van der Waals surface area (Å²) >= 11 is 11.4. The van der Waals surface area contributed by atoms with Gasteiger partial charge in [0.2, 0.25) is 5.78 Å². The van der Waals surface area contributed by atoms with Crippen LogP contribution in [0.1, 0.15) is 39.0 Å². The number of halogens is 2. The van der Waals surface area contributed by atoms with Crippen molar-refractivity contribution >= 4 is 29.0 Å². The molecule has 0 aromatic rings. The van der Waals surface area contributed by atoms with Crippen molar-refractivity contribution in [1.82, 2.24) is 0 Å². The smallest absolute Gasteiger partial charge is 0.215 e. The zero-order chi connectivity index (χ0) is 12.2. The van der Waals surface area contributed by atoms with Crippen LogP contribution in [0.3, 0.4) is 0 Å². The zero-order valence-corrected chi connectivity index (χ0v) is 10.8. The standard InChI is InChI=1S/C12H16Cl2O2/c1-2-3-4-5-6-12(16)7-9(13)11(15)10(14)8-12/h7-8,16H,2-6H2,1H3. The second-order valence-corrected chi connectivity index (χ2v) is 4.93. The third kappa shape index (κ3) is 3.62. The van der Waals surface area contributed by atoms with Crippen LogP contribution in [0, 0.1) is 0 Å². The Morgan fingerprint density at radius 3 is 2.25 bits per heavy atom. The molecule has 0 fully saturated rings. The molecule has 4 heteroatoms. The lowest BCUT2D eigenvalue weighted by Crippen LogP contribution is -2.28. The van der Waals surface area contributed by atoms with Crippen LogP contribution in [0.2, 0.25) is 0 Å². The largest absolute Gasteiger partial charge is 0.382 e. The molecule has 16 heavy (non-hydrogen) atoms. The summed E-state index contributed by atoms with van der Waals surface area (Å²) in [7, 11) is 0. The van der Waals surface area contributed by atoms with Gasteiger partial charge in [0.05, 0.1) is 10.1 Å². The molecule has 0 radical (unpaired) electrons. The summed E-state index contributed by atoms with van der Waals surface area (Å²) in [4.78, 5) is 11.3. The molecule has 0 spiro atoms. The summed E-state index contributed by atoms with van der Waals surface area (Å²) in [5.41, 5.74) is -1.16. The Morgan fingerprint density at radius 2 is 1.75 bits per heavy atom. The zero-order valence-electron chi connectivity index (χ0n) is 9.30. The number of rotatable bonds is 5. The monoisotopic (exact) mass is 262 g/mol. The highest BCUT2D eigenvalue weighted by Crippen LogP contribution is 2.30. The molecule has 0 aromatic heterocycles. The number of hydrogen-bond acceptors (Lipinski definition) is 2. The molecule has 0 aliphatic heterocycles. The molecule has 1 aliphatic carbocycles. The normalized spacial score (nSPS) is 19.4. The van der Waals surface area contributed by atoms with Gasteiger partial charge < -0.3 is 5.11 Å². The fourth-order valence-corrected chi connectivity index (χ4v) is 2.33. The van der Waals surface area contributed by atoms with Gasteiger partial charge in [0, 0.05) is 0 Å². The highest BCUT2D eigenvalue weighted by atomic mass is 35.5. The molecule has 1 N–H and O–H groups in total. The van der Waals surface area contributed by atoms with E-state index in [-0.39, 0.29) is 10.1 Å². The molecule has 90 valence electrons. The van der Waals surface area contributed by atoms with Gasteiger partial charge in [-0.3, -0.25) is 4.79 Å². The molecule has 2 nitrogen and oxygen atoms in total. The predicted molar refractivity (Wildman–Crippen MR) is 66.6 cm³/mol. The molecule has 0 unspecified atom stereocenters.